The Morgan fingerprint density at radius 3 is 2.73 bits per heavy atom. The van der Waals surface area contributed by atoms with Crippen molar-refractivity contribution in [1.82, 2.24) is 9.88 Å². The molecule has 0 saturated heterocycles. The predicted molar refractivity (Wildman–Crippen MR) is 123 cm³/mol. The first-order valence-electron chi connectivity index (χ1n) is 9.29. The summed E-state index contributed by atoms with van der Waals surface area (Å²) in [6.07, 6.45) is 2.57. The Hall–Kier alpha value is -2.93. The summed E-state index contributed by atoms with van der Waals surface area (Å²) in [7, 11) is 0. The number of carbonyl (C=O) groups excluding carboxylic acids is 1. The van der Waals surface area contributed by atoms with Crippen molar-refractivity contribution in [1.29, 1.82) is 5.26 Å². The van der Waals surface area contributed by atoms with Gasteiger partial charge in [-0.25, -0.2) is 0 Å². The number of nitrogens with one attached hydrogen (secondary N) is 1. The number of nitrogens with zero attached hydrogens (tertiary/aromatic N) is 2. The van der Waals surface area contributed by atoms with Crippen LogP contribution in [0.2, 0.25) is 0 Å². The van der Waals surface area contributed by atoms with Crippen LogP contribution in [-0.2, 0) is 4.79 Å². The van der Waals surface area contributed by atoms with Crippen LogP contribution in [0.25, 0.3) is 17.5 Å². The fourth-order valence-corrected chi connectivity index (χ4v) is 6.08. The number of aromatic nitrogens is 1. The number of hydrogen-bond acceptors (Lipinski definition) is 7. The molecule has 3 aromatic heterocycles. The van der Waals surface area contributed by atoms with Gasteiger partial charge in [0.1, 0.15) is 10.5 Å². The third kappa shape index (κ3) is 3.43. The minimum atomic E-state index is -0.598. The van der Waals surface area contributed by atoms with E-state index in [1.165, 1.54) is 38.6 Å². The summed E-state index contributed by atoms with van der Waals surface area (Å²) in [5.41, 5.74) is 6.61. The maximum atomic E-state index is 13.2. The Kier molecular flexibility index (Phi) is 5.72. The minimum absolute atomic E-state index is 0.0880. The molecule has 4 heterocycles. The topological polar surface area (TPSA) is 101 Å². The van der Waals surface area contributed by atoms with Gasteiger partial charge in [0.05, 0.1) is 27.7 Å². The van der Waals surface area contributed by atoms with Gasteiger partial charge >= 0.3 is 0 Å². The van der Waals surface area contributed by atoms with Crippen molar-refractivity contribution in [3.05, 3.63) is 69.9 Å². The number of fused-ring (bicyclic) bond motifs is 1. The number of nitrogens with two attached hydrogens (primary N) is 1. The summed E-state index contributed by atoms with van der Waals surface area (Å²) in [5, 5.41) is 16.6. The quantitative estimate of drug-likeness (QED) is 0.616. The molecule has 3 aromatic rings. The molecule has 0 aliphatic carbocycles. The molecule has 0 fully saturated rings. The number of nitriles is 1. The van der Waals surface area contributed by atoms with Gasteiger partial charge in [-0.05, 0) is 35.4 Å². The molecule has 0 spiro atoms. The molecule has 9 heteroatoms. The van der Waals surface area contributed by atoms with E-state index in [4.69, 9.17) is 5.73 Å². The summed E-state index contributed by atoms with van der Waals surface area (Å²) < 4.78 is 2.26. The Balaban J connectivity index is 2.07. The summed E-state index contributed by atoms with van der Waals surface area (Å²) in [4.78, 5) is 28.1. The van der Waals surface area contributed by atoms with E-state index >= 15 is 0 Å². The first-order valence-corrected chi connectivity index (χ1v) is 11.9. The fourth-order valence-electron chi connectivity index (χ4n) is 3.34. The molecule has 1 amide bonds. The number of thiazole rings is 1. The van der Waals surface area contributed by atoms with Crippen LogP contribution in [0.4, 0.5) is 0 Å². The van der Waals surface area contributed by atoms with Gasteiger partial charge in [0, 0.05) is 16.3 Å². The van der Waals surface area contributed by atoms with Gasteiger partial charge in [0.2, 0.25) is 0 Å². The second-order valence-corrected chi connectivity index (χ2v) is 9.59. The van der Waals surface area contributed by atoms with Crippen molar-refractivity contribution in [3.8, 4) is 6.07 Å². The SMILES string of the molecule is CCCNC(=O)C1=c2s/c(=C\c3cccs3)c(=O)n2C(N)=C(C#N)C1c1cccs1. The molecule has 30 heavy (non-hydrogen) atoms. The predicted octanol–water partition coefficient (Wildman–Crippen LogP) is 1.99. The van der Waals surface area contributed by atoms with E-state index in [1.54, 1.807) is 6.08 Å². The average Bonchev–Trinajstić information content (AvgIpc) is 3.49. The van der Waals surface area contributed by atoms with Crippen LogP contribution in [0, 0.1) is 11.3 Å². The van der Waals surface area contributed by atoms with E-state index in [2.05, 4.69) is 11.4 Å². The van der Waals surface area contributed by atoms with Crippen molar-refractivity contribution >= 4 is 57.4 Å². The Labute approximate surface area is 184 Å². The van der Waals surface area contributed by atoms with Crippen LogP contribution in [0.5, 0.6) is 0 Å². The highest BCUT2D eigenvalue weighted by atomic mass is 32.1. The highest BCUT2D eigenvalue weighted by Crippen LogP contribution is 2.38. The number of amides is 1. The zero-order valence-electron chi connectivity index (χ0n) is 16.0. The molecule has 6 nitrogen and oxygen atoms in total. The van der Waals surface area contributed by atoms with E-state index in [0.29, 0.717) is 21.3 Å². The fraction of sp³-hybridized carbons (Fsp3) is 0.190. The van der Waals surface area contributed by atoms with Gasteiger partial charge in [0.15, 0.2) is 0 Å². The van der Waals surface area contributed by atoms with E-state index in [9.17, 15) is 14.9 Å². The number of carbonyl (C=O) groups is 1. The Morgan fingerprint density at radius 1 is 1.33 bits per heavy atom. The summed E-state index contributed by atoms with van der Waals surface area (Å²) in [5.74, 6) is -0.794. The first kappa shape index (κ1) is 20.3. The van der Waals surface area contributed by atoms with Crippen molar-refractivity contribution in [2.24, 2.45) is 5.73 Å². The maximum Gasteiger partial charge on any atom is 0.274 e. The highest BCUT2D eigenvalue weighted by molar-refractivity contribution is 7.11. The smallest absolute Gasteiger partial charge is 0.274 e. The lowest BCUT2D eigenvalue weighted by atomic mass is 9.88. The van der Waals surface area contributed by atoms with Crippen LogP contribution in [-0.4, -0.2) is 17.0 Å². The third-order valence-electron chi connectivity index (χ3n) is 4.69. The van der Waals surface area contributed by atoms with Gasteiger partial charge in [0.25, 0.3) is 11.5 Å². The molecular formula is C21H18N4O2S3. The lowest BCUT2D eigenvalue weighted by Gasteiger charge is -2.24. The standard InChI is InChI=1S/C21H18N4O2S3/c1-2-7-24-19(26)17-16(14-6-4-9-29-14)13(11-22)18(23)25-20(27)15(30-21(17)25)10-12-5-3-8-28-12/h3-6,8-10,16H,2,7,23H2,1H3,(H,24,26)/b15-10-. The molecule has 3 N–H and O–H groups in total. The normalized spacial score (nSPS) is 16.5. The molecule has 0 aromatic carbocycles. The second-order valence-electron chi connectivity index (χ2n) is 6.60. The van der Waals surface area contributed by atoms with Gasteiger partial charge in [-0.15, -0.1) is 34.0 Å². The van der Waals surface area contributed by atoms with Crippen molar-refractivity contribution in [3.63, 3.8) is 0 Å². The number of thiophene rings is 2. The summed E-state index contributed by atoms with van der Waals surface area (Å²) >= 11 is 4.20. The molecule has 0 bridgehead atoms. The van der Waals surface area contributed by atoms with Gasteiger partial charge in [-0.1, -0.05) is 19.1 Å². The second kappa shape index (κ2) is 8.44. The number of allylic oxidation sites excluding steroid dienone is 1. The van der Waals surface area contributed by atoms with E-state index in [-0.39, 0.29) is 22.9 Å². The first-order chi connectivity index (χ1) is 14.6. The largest absolute Gasteiger partial charge is 0.384 e. The number of rotatable bonds is 5. The molecule has 0 saturated carbocycles. The molecule has 4 rings (SSSR count). The highest BCUT2D eigenvalue weighted by Gasteiger charge is 2.35. The van der Waals surface area contributed by atoms with Crippen LogP contribution < -0.4 is 25.8 Å². The monoisotopic (exact) mass is 454 g/mol. The molecule has 1 unspecified atom stereocenters. The van der Waals surface area contributed by atoms with Gasteiger partial charge < -0.3 is 11.1 Å². The summed E-state index contributed by atoms with van der Waals surface area (Å²) in [6.45, 7) is 2.47. The molecule has 1 aliphatic rings. The van der Waals surface area contributed by atoms with E-state index in [1.807, 2.05) is 41.9 Å². The third-order valence-corrected chi connectivity index (χ3v) is 7.56. The van der Waals surface area contributed by atoms with E-state index < -0.39 is 5.92 Å². The summed E-state index contributed by atoms with van der Waals surface area (Å²) in [6, 6.07) is 9.74. The zero-order valence-corrected chi connectivity index (χ0v) is 18.5. The molecule has 1 aliphatic heterocycles. The molecule has 1 atom stereocenters. The lowest BCUT2D eigenvalue weighted by Crippen LogP contribution is -2.42. The minimum Gasteiger partial charge on any atom is -0.384 e. The van der Waals surface area contributed by atoms with Crippen molar-refractivity contribution < 1.29 is 4.79 Å². The van der Waals surface area contributed by atoms with Crippen molar-refractivity contribution in [2.45, 2.75) is 19.3 Å². The number of hydrogen-bond donors (Lipinski definition) is 2. The van der Waals surface area contributed by atoms with Gasteiger partial charge in [-0.3, -0.25) is 14.2 Å². The van der Waals surface area contributed by atoms with E-state index in [0.717, 1.165) is 16.2 Å². The molecule has 0 radical (unpaired) electrons. The maximum absolute atomic E-state index is 13.2. The lowest BCUT2D eigenvalue weighted by molar-refractivity contribution is -0.115. The van der Waals surface area contributed by atoms with Crippen LogP contribution in [0.3, 0.4) is 0 Å². The average molecular weight is 455 g/mol. The molecular weight excluding hydrogens is 436 g/mol. The Bertz CT molecular complexity index is 1340. The van der Waals surface area contributed by atoms with Gasteiger partial charge in [-0.2, -0.15) is 5.26 Å². The zero-order chi connectivity index (χ0) is 21.3. The van der Waals surface area contributed by atoms with Crippen molar-refractivity contribution in [2.75, 3.05) is 6.54 Å². The van der Waals surface area contributed by atoms with Crippen LogP contribution in [0.1, 0.15) is 29.0 Å². The Morgan fingerprint density at radius 2 is 2.10 bits per heavy atom. The van der Waals surface area contributed by atoms with Crippen LogP contribution >= 0.6 is 34.0 Å². The molecule has 152 valence electrons. The van der Waals surface area contributed by atoms with Crippen LogP contribution in [0.15, 0.2) is 45.4 Å².